The van der Waals surface area contributed by atoms with Crippen LogP contribution in [0.1, 0.15) is 10.5 Å². The van der Waals surface area contributed by atoms with E-state index < -0.39 is 5.91 Å². The van der Waals surface area contributed by atoms with Gasteiger partial charge in [0.2, 0.25) is 0 Å². The maximum atomic E-state index is 10.8. The number of rotatable bonds is 3. The van der Waals surface area contributed by atoms with E-state index in [2.05, 4.69) is 9.97 Å². The van der Waals surface area contributed by atoms with Gasteiger partial charge in [-0.15, -0.1) is 0 Å². The van der Waals surface area contributed by atoms with E-state index in [0.717, 1.165) is 11.3 Å². The summed E-state index contributed by atoms with van der Waals surface area (Å²) in [6, 6.07) is 7.43. The maximum Gasteiger partial charge on any atom is 0.268 e. The van der Waals surface area contributed by atoms with Crippen molar-refractivity contribution in [1.82, 2.24) is 9.97 Å². The number of amides is 1. The van der Waals surface area contributed by atoms with Crippen molar-refractivity contribution in [2.75, 3.05) is 7.11 Å². The van der Waals surface area contributed by atoms with Crippen LogP contribution in [0.25, 0.3) is 11.3 Å². The molecule has 86 valence electrons. The van der Waals surface area contributed by atoms with Gasteiger partial charge in [-0.1, -0.05) is 12.1 Å². The van der Waals surface area contributed by atoms with Gasteiger partial charge in [0.25, 0.3) is 5.91 Å². The zero-order chi connectivity index (χ0) is 12.3. The number of nitrogens with zero attached hydrogens (tertiary/aromatic N) is 2. The van der Waals surface area contributed by atoms with E-state index >= 15 is 0 Å². The number of nitrogens with two attached hydrogens (primary N) is 1. The molecule has 1 aromatic heterocycles. The Morgan fingerprint density at radius 2 is 2.12 bits per heavy atom. The van der Waals surface area contributed by atoms with Crippen LogP contribution in [0, 0.1) is 0 Å². The number of hydrogen-bond donors (Lipinski definition) is 1. The highest BCUT2D eigenvalue weighted by Crippen LogP contribution is 2.21. The summed E-state index contributed by atoms with van der Waals surface area (Å²) >= 11 is 0. The van der Waals surface area contributed by atoms with Crippen molar-refractivity contribution >= 4 is 5.91 Å². The third-order valence-corrected chi connectivity index (χ3v) is 2.27. The first-order valence-corrected chi connectivity index (χ1v) is 4.97. The number of primary amides is 1. The van der Waals surface area contributed by atoms with Crippen LogP contribution in [0.3, 0.4) is 0 Å². The number of ether oxygens (including phenoxy) is 1. The summed E-state index contributed by atoms with van der Waals surface area (Å²) in [5.74, 6) is 0.151. The number of methoxy groups -OCH3 is 1. The summed E-state index contributed by atoms with van der Waals surface area (Å²) in [7, 11) is 1.60. The molecule has 1 aromatic carbocycles. The lowest BCUT2D eigenvalue weighted by Gasteiger charge is -2.03. The van der Waals surface area contributed by atoms with E-state index in [0.29, 0.717) is 5.69 Å². The predicted octanol–water partition coefficient (Wildman–Crippen LogP) is 1.25. The highest BCUT2D eigenvalue weighted by Gasteiger charge is 2.05. The number of hydrogen-bond acceptors (Lipinski definition) is 4. The van der Waals surface area contributed by atoms with Crippen molar-refractivity contribution in [3.8, 4) is 17.0 Å². The van der Waals surface area contributed by atoms with Gasteiger partial charge in [0.1, 0.15) is 11.4 Å². The van der Waals surface area contributed by atoms with Crippen LogP contribution < -0.4 is 10.5 Å². The fourth-order valence-corrected chi connectivity index (χ4v) is 1.39. The summed E-state index contributed by atoms with van der Waals surface area (Å²) in [6.07, 6.45) is 2.87. The minimum atomic E-state index is -0.588. The number of aromatic nitrogens is 2. The largest absolute Gasteiger partial charge is 0.497 e. The lowest BCUT2D eigenvalue weighted by molar-refractivity contribution is 0.0995. The fourth-order valence-electron chi connectivity index (χ4n) is 1.39. The second-order valence-corrected chi connectivity index (χ2v) is 3.38. The van der Waals surface area contributed by atoms with E-state index in [4.69, 9.17) is 10.5 Å². The van der Waals surface area contributed by atoms with Crippen LogP contribution in [-0.2, 0) is 0 Å². The van der Waals surface area contributed by atoms with Crippen molar-refractivity contribution in [3.05, 3.63) is 42.4 Å². The summed E-state index contributed by atoms with van der Waals surface area (Å²) in [6.45, 7) is 0. The van der Waals surface area contributed by atoms with Gasteiger partial charge >= 0.3 is 0 Å². The molecular weight excluding hydrogens is 218 g/mol. The molecule has 0 aliphatic heterocycles. The molecule has 0 saturated heterocycles. The molecule has 0 atom stereocenters. The Bertz CT molecular complexity index is 538. The van der Waals surface area contributed by atoms with E-state index in [1.807, 2.05) is 24.3 Å². The summed E-state index contributed by atoms with van der Waals surface area (Å²) < 4.78 is 5.12. The molecule has 0 radical (unpaired) electrons. The monoisotopic (exact) mass is 229 g/mol. The molecule has 0 aliphatic carbocycles. The van der Waals surface area contributed by atoms with Crippen molar-refractivity contribution in [3.63, 3.8) is 0 Å². The topological polar surface area (TPSA) is 78.1 Å². The normalized spacial score (nSPS) is 9.94. The quantitative estimate of drug-likeness (QED) is 0.859. The van der Waals surface area contributed by atoms with Gasteiger partial charge in [0.05, 0.1) is 25.2 Å². The van der Waals surface area contributed by atoms with Crippen molar-refractivity contribution in [1.29, 1.82) is 0 Å². The van der Waals surface area contributed by atoms with Gasteiger partial charge in [-0.3, -0.25) is 9.78 Å². The Hall–Kier alpha value is -2.43. The van der Waals surface area contributed by atoms with Gasteiger partial charge in [-0.25, -0.2) is 4.98 Å². The van der Waals surface area contributed by atoms with E-state index in [1.165, 1.54) is 12.4 Å². The average molecular weight is 229 g/mol. The van der Waals surface area contributed by atoms with Crippen LogP contribution in [0.5, 0.6) is 5.75 Å². The average Bonchev–Trinajstić information content (AvgIpc) is 2.39. The Balaban J connectivity index is 2.36. The molecular formula is C12H11N3O2. The van der Waals surface area contributed by atoms with Gasteiger partial charge in [-0.2, -0.15) is 0 Å². The first kappa shape index (κ1) is 11.1. The van der Waals surface area contributed by atoms with E-state index in [-0.39, 0.29) is 5.69 Å². The zero-order valence-corrected chi connectivity index (χ0v) is 9.25. The maximum absolute atomic E-state index is 10.8. The van der Waals surface area contributed by atoms with Crippen LogP contribution in [0.4, 0.5) is 0 Å². The molecule has 17 heavy (non-hydrogen) atoms. The molecule has 2 rings (SSSR count). The lowest BCUT2D eigenvalue weighted by atomic mass is 10.1. The van der Waals surface area contributed by atoms with Gasteiger partial charge in [0, 0.05) is 5.56 Å². The molecule has 0 unspecified atom stereocenters. The lowest BCUT2D eigenvalue weighted by Crippen LogP contribution is -2.13. The van der Waals surface area contributed by atoms with Crippen LogP contribution in [0.2, 0.25) is 0 Å². The van der Waals surface area contributed by atoms with Gasteiger partial charge < -0.3 is 10.5 Å². The molecule has 0 saturated carbocycles. The Morgan fingerprint density at radius 3 is 2.71 bits per heavy atom. The van der Waals surface area contributed by atoms with Crippen LogP contribution in [-0.4, -0.2) is 23.0 Å². The summed E-state index contributed by atoms with van der Waals surface area (Å²) in [5, 5.41) is 0. The third kappa shape index (κ3) is 2.39. The molecule has 5 heteroatoms. The SMILES string of the molecule is COc1cccc(-c2cnc(C(N)=O)cn2)c1. The molecule has 0 aliphatic rings. The Labute approximate surface area is 98.3 Å². The molecule has 2 aromatic rings. The van der Waals surface area contributed by atoms with Gasteiger partial charge in [0.15, 0.2) is 0 Å². The molecule has 1 amide bonds. The smallest absolute Gasteiger partial charge is 0.268 e. The standard InChI is InChI=1S/C12H11N3O2/c1-17-9-4-2-3-8(5-9)10-6-15-11(7-14-10)12(13)16/h2-7H,1H3,(H2,13,16). The minimum Gasteiger partial charge on any atom is -0.497 e. The molecule has 5 nitrogen and oxygen atoms in total. The van der Waals surface area contributed by atoms with Crippen molar-refractivity contribution in [2.45, 2.75) is 0 Å². The van der Waals surface area contributed by atoms with E-state index in [1.54, 1.807) is 7.11 Å². The van der Waals surface area contributed by atoms with Crippen molar-refractivity contribution < 1.29 is 9.53 Å². The third-order valence-electron chi connectivity index (χ3n) is 2.27. The first-order valence-electron chi connectivity index (χ1n) is 4.97. The predicted molar refractivity (Wildman–Crippen MR) is 62.5 cm³/mol. The Kier molecular flexibility index (Phi) is 3.00. The summed E-state index contributed by atoms with van der Waals surface area (Å²) in [4.78, 5) is 18.9. The van der Waals surface area contributed by atoms with Gasteiger partial charge in [-0.05, 0) is 12.1 Å². The van der Waals surface area contributed by atoms with Crippen LogP contribution in [0.15, 0.2) is 36.7 Å². The number of carbonyl (C=O) groups excluding carboxylic acids is 1. The van der Waals surface area contributed by atoms with Crippen molar-refractivity contribution in [2.24, 2.45) is 5.73 Å². The summed E-state index contributed by atoms with van der Waals surface area (Å²) in [5.41, 5.74) is 6.77. The second kappa shape index (κ2) is 4.61. The zero-order valence-electron chi connectivity index (χ0n) is 9.25. The highest BCUT2D eigenvalue weighted by atomic mass is 16.5. The Morgan fingerprint density at radius 1 is 1.29 bits per heavy atom. The molecule has 0 bridgehead atoms. The number of carbonyl (C=O) groups is 1. The molecule has 0 fully saturated rings. The number of benzene rings is 1. The first-order chi connectivity index (χ1) is 8.20. The molecule has 0 spiro atoms. The second-order valence-electron chi connectivity index (χ2n) is 3.38. The highest BCUT2D eigenvalue weighted by molar-refractivity contribution is 5.90. The van der Waals surface area contributed by atoms with Crippen LogP contribution >= 0.6 is 0 Å². The molecule has 1 heterocycles. The fraction of sp³-hybridized carbons (Fsp3) is 0.0833. The minimum absolute atomic E-state index is 0.150. The van der Waals surface area contributed by atoms with E-state index in [9.17, 15) is 4.79 Å². The molecule has 2 N–H and O–H groups in total.